The summed E-state index contributed by atoms with van der Waals surface area (Å²) >= 11 is 0. The minimum Gasteiger partial charge on any atom is -0.347 e. The lowest BCUT2D eigenvalue weighted by Crippen LogP contribution is -2.00. The van der Waals surface area contributed by atoms with Crippen LogP contribution in [0.5, 0.6) is 0 Å². The van der Waals surface area contributed by atoms with E-state index < -0.39 is 0 Å². The van der Waals surface area contributed by atoms with Crippen molar-refractivity contribution in [1.29, 1.82) is 0 Å². The van der Waals surface area contributed by atoms with E-state index in [2.05, 4.69) is 42.0 Å². The molecule has 2 nitrogen and oxygen atoms in total. The molecule has 0 unspecified atom stereocenters. The fourth-order valence-corrected chi connectivity index (χ4v) is 2.39. The first-order valence-electron chi connectivity index (χ1n) is 6.63. The summed E-state index contributed by atoms with van der Waals surface area (Å²) in [5, 5.41) is 1.41. The maximum atomic E-state index is 5.52. The number of aryl methyl sites for hydroxylation is 2. The fraction of sp³-hybridized carbons (Fsp3) is 0.467. The molecule has 0 amide bonds. The van der Waals surface area contributed by atoms with Crippen LogP contribution in [0.2, 0.25) is 0 Å². The van der Waals surface area contributed by atoms with Gasteiger partial charge in [0, 0.05) is 23.6 Å². The molecule has 0 spiro atoms. The predicted molar refractivity (Wildman–Crippen MR) is 74.2 cm³/mol. The largest absolute Gasteiger partial charge is 0.347 e. The normalized spacial score (nSPS) is 11.2. The van der Waals surface area contributed by atoms with Crippen LogP contribution >= 0.6 is 0 Å². The average Bonchev–Trinajstić information content (AvgIpc) is 2.73. The van der Waals surface area contributed by atoms with E-state index in [0.717, 1.165) is 25.9 Å². The molecule has 92 valence electrons. The zero-order valence-electron chi connectivity index (χ0n) is 10.7. The molecule has 0 bridgehead atoms. The van der Waals surface area contributed by atoms with Crippen molar-refractivity contribution in [3.8, 4) is 0 Å². The molecule has 1 aromatic heterocycles. The van der Waals surface area contributed by atoms with Crippen LogP contribution in [0.25, 0.3) is 10.9 Å². The molecule has 0 saturated heterocycles. The highest BCUT2D eigenvalue weighted by Crippen LogP contribution is 2.22. The Kier molecular flexibility index (Phi) is 4.21. The Hall–Kier alpha value is -1.28. The quantitative estimate of drug-likeness (QED) is 0.758. The van der Waals surface area contributed by atoms with Gasteiger partial charge < -0.3 is 10.3 Å². The van der Waals surface area contributed by atoms with E-state index in [0.29, 0.717) is 0 Å². The monoisotopic (exact) mass is 230 g/mol. The van der Waals surface area contributed by atoms with Crippen molar-refractivity contribution in [2.45, 2.75) is 39.2 Å². The highest BCUT2D eigenvalue weighted by atomic mass is 15.0. The Labute approximate surface area is 103 Å². The van der Waals surface area contributed by atoms with Gasteiger partial charge in [-0.3, -0.25) is 0 Å². The van der Waals surface area contributed by atoms with Gasteiger partial charge >= 0.3 is 0 Å². The van der Waals surface area contributed by atoms with Gasteiger partial charge in [0.05, 0.1) is 0 Å². The maximum Gasteiger partial charge on any atom is 0.0483 e. The summed E-state index contributed by atoms with van der Waals surface area (Å²) in [7, 11) is 0. The predicted octanol–water partition coefficient (Wildman–Crippen LogP) is 3.33. The van der Waals surface area contributed by atoms with Crippen molar-refractivity contribution >= 4 is 10.9 Å². The van der Waals surface area contributed by atoms with E-state index in [9.17, 15) is 0 Å². The van der Waals surface area contributed by atoms with E-state index in [4.69, 9.17) is 5.73 Å². The Morgan fingerprint density at radius 3 is 2.71 bits per heavy atom. The first kappa shape index (κ1) is 12.2. The lowest BCUT2D eigenvalue weighted by Gasteiger charge is -2.04. The minimum absolute atomic E-state index is 0.812. The second-order valence-corrected chi connectivity index (χ2v) is 4.57. The Balaban J connectivity index is 2.16. The van der Waals surface area contributed by atoms with Crippen molar-refractivity contribution < 1.29 is 0 Å². The van der Waals surface area contributed by atoms with Gasteiger partial charge in [-0.1, -0.05) is 31.5 Å². The molecule has 0 aliphatic rings. The van der Waals surface area contributed by atoms with Gasteiger partial charge in [0.25, 0.3) is 0 Å². The Morgan fingerprint density at radius 1 is 1.12 bits per heavy atom. The van der Waals surface area contributed by atoms with E-state index in [-0.39, 0.29) is 0 Å². The second-order valence-electron chi connectivity index (χ2n) is 4.57. The van der Waals surface area contributed by atoms with Gasteiger partial charge in [-0.15, -0.1) is 0 Å². The smallest absolute Gasteiger partial charge is 0.0483 e. The standard InChI is InChI=1S/C15H22N2/c1-2-13-12-17(11-7-3-6-10-16)15-9-5-4-8-14(13)15/h4-5,8-9,12H,2-3,6-7,10-11,16H2,1H3. The molecular formula is C15H22N2. The lowest BCUT2D eigenvalue weighted by atomic mass is 10.1. The number of rotatable bonds is 6. The van der Waals surface area contributed by atoms with Crippen molar-refractivity contribution in [3.05, 3.63) is 36.0 Å². The average molecular weight is 230 g/mol. The molecule has 0 aliphatic carbocycles. The summed E-state index contributed by atoms with van der Waals surface area (Å²) in [6.45, 7) is 4.15. The molecule has 0 fully saturated rings. The summed E-state index contributed by atoms with van der Waals surface area (Å²) in [4.78, 5) is 0. The molecule has 2 aromatic rings. The second kappa shape index (κ2) is 5.87. The van der Waals surface area contributed by atoms with Gasteiger partial charge in [0.2, 0.25) is 0 Å². The van der Waals surface area contributed by atoms with Crippen LogP contribution in [-0.4, -0.2) is 11.1 Å². The van der Waals surface area contributed by atoms with Crippen LogP contribution in [0.15, 0.2) is 30.5 Å². The van der Waals surface area contributed by atoms with Crippen molar-refractivity contribution in [2.24, 2.45) is 5.73 Å². The van der Waals surface area contributed by atoms with Crippen LogP contribution in [0.3, 0.4) is 0 Å². The zero-order valence-corrected chi connectivity index (χ0v) is 10.7. The molecule has 17 heavy (non-hydrogen) atoms. The number of unbranched alkanes of at least 4 members (excludes halogenated alkanes) is 2. The van der Waals surface area contributed by atoms with Crippen molar-refractivity contribution in [3.63, 3.8) is 0 Å². The number of fused-ring (bicyclic) bond motifs is 1. The fourth-order valence-electron chi connectivity index (χ4n) is 2.39. The molecule has 2 rings (SSSR count). The summed E-state index contributed by atoms with van der Waals surface area (Å²) < 4.78 is 2.39. The van der Waals surface area contributed by atoms with Gasteiger partial charge in [-0.2, -0.15) is 0 Å². The molecule has 0 aliphatic heterocycles. The van der Waals surface area contributed by atoms with Crippen molar-refractivity contribution in [1.82, 2.24) is 4.57 Å². The number of para-hydroxylation sites is 1. The van der Waals surface area contributed by atoms with E-state index in [1.54, 1.807) is 0 Å². The molecule has 0 atom stereocenters. The van der Waals surface area contributed by atoms with E-state index in [1.165, 1.54) is 29.3 Å². The third kappa shape index (κ3) is 2.70. The number of nitrogens with two attached hydrogens (primary N) is 1. The first-order chi connectivity index (χ1) is 8.36. The molecule has 1 aromatic carbocycles. The summed E-state index contributed by atoms with van der Waals surface area (Å²) in [6.07, 6.45) is 7.01. The number of benzene rings is 1. The molecular weight excluding hydrogens is 208 g/mol. The topological polar surface area (TPSA) is 30.9 Å². The van der Waals surface area contributed by atoms with Crippen LogP contribution in [0.1, 0.15) is 31.7 Å². The maximum absolute atomic E-state index is 5.52. The molecule has 1 heterocycles. The highest BCUT2D eigenvalue weighted by Gasteiger charge is 2.05. The van der Waals surface area contributed by atoms with Gasteiger partial charge in [0.1, 0.15) is 0 Å². The van der Waals surface area contributed by atoms with Gasteiger partial charge in [0.15, 0.2) is 0 Å². The molecule has 2 N–H and O–H groups in total. The lowest BCUT2D eigenvalue weighted by molar-refractivity contribution is 0.603. The first-order valence-corrected chi connectivity index (χ1v) is 6.63. The Morgan fingerprint density at radius 2 is 1.94 bits per heavy atom. The van der Waals surface area contributed by atoms with Crippen LogP contribution < -0.4 is 5.73 Å². The number of nitrogens with zero attached hydrogens (tertiary/aromatic N) is 1. The zero-order chi connectivity index (χ0) is 12.1. The Bertz CT molecular complexity index is 471. The van der Waals surface area contributed by atoms with Gasteiger partial charge in [-0.05, 0) is 37.4 Å². The number of aromatic nitrogens is 1. The summed E-state index contributed by atoms with van der Waals surface area (Å²) in [5.41, 5.74) is 8.35. The third-order valence-corrected chi connectivity index (χ3v) is 3.36. The van der Waals surface area contributed by atoms with Crippen molar-refractivity contribution in [2.75, 3.05) is 6.54 Å². The highest BCUT2D eigenvalue weighted by molar-refractivity contribution is 5.83. The summed E-state index contributed by atoms with van der Waals surface area (Å²) in [6, 6.07) is 8.69. The van der Waals surface area contributed by atoms with Crippen LogP contribution in [-0.2, 0) is 13.0 Å². The molecule has 0 saturated carbocycles. The third-order valence-electron chi connectivity index (χ3n) is 3.36. The molecule has 0 radical (unpaired) electrons. The number of hydrogen-bond acceptors (Lipinski definition) is 1. The van der Waals surface area contributed by atoms with Crippen LogP contribution in [0.4, 0.5) is 0 Å². The van der Waals surface area contributed by atoms with Crippen LogP contribution in [0, 0.1) is 0 Å². The van der Waals surface area contributed by atoms with E-state index in [1.807, 2.05) is 0 Å². The van der Waals surface area contributed by atoms with E-state index >= 15 is 0 Å². The molecule has 2 heteroatoms. The SMILES string of the molecule is CCc1cn(CCCCCN)c2ccccc12. The van der Waals surface area contributed by atoms with Gasteiger partial charge in [-0.25, -0.2) is 0 Å². The number of hydrogen-bond donors (Lipinski definition) is 1. The summed E-state index contributed by atoms with van der Waals surface area (Å²) in [5.74, 6) is 0. The minimum atomic E-state index is 0.812.